The van der Waals surface area contributed by atoms with E-state index in [1.165, 1.54) is 29.7 Å². The molecule has 2 aromatic rings. The van der Waals surface area contributed by atoms with Crippen LogP contribution in [0.3, 0.4) is 0 Å². The Balaban J connectivity index is 1.91. The summed E-state index contributed by atoms with van der Waals surface area (Å²) in [6, 6.07) is 17.6. The maximum absolute atomic E-state index is 6.05. The summed E-state index contributed by atoms with van der Waals surface area (Å²) in [6.45, 7) is 3.08. The summed E-state index contributed by atoms with van der Waals surface area (Å²) in [6.07, 6.45) is 2.59. The van der Waals surface area contributed by atoms with Gasteiger partial charge in [-0.3, -0.25) is 0 Å². The van der Waals surface area contributed by atoms with E-state index in [9.17, 15) is 0 Å². The predicted octanol–water partition coefficient (Wildman–Crippen LogP) is 3.75. The van der Waals surface area contributed by atoms with E-state index in [1.54, 1.807) is 0 Å². The number of anilines is 2. The average Bonchev–Trinajstić information content (AvgIpc) is 3.25. The fourth-order valence-corrected chi connectivity index (χ4v) is 2.53. The maximum atomic E-state index is 6.05. The lowest BCUT2D eigenvalue weighted by Crippen LogP contribution is -2.26. The summed E-state index contributed by atoms with van der Waals surface area (Å²) >= 11 is 0. The van der Waals surface area contributed by atoms with Gasteiger partial charge < -0.3 is 10.6 Å². The van der Waals surface area contributed by atoms with Crippen molar-refractivity contribution in [3.05, 3.63) is 59.7 Å². The number of nitrogens with zero attached hydrogens (tertiary/aromatic N) is 1. The zero-order valence-electron chi connectivity index (χ0n) is 11.3. The van der Waals surface area contributed by atoms with Crippen molar-refractivity contribution in [2.24, 2.45) is 0 Å². The largest absolute Gasteiger partial charge is 0.398 e. The van der Waals surface area contributed by atoms with Crippen LogP contribution in [0.25, 0.3) is 0 Å². The molecule has 2 aromatic carbocycles. The van der Waals surface area contributed by atoms with Gasteiger partial charge in [0.15, 0.2) is 0 Å². The van der Waals surface area contributed by atoms with E-state index in [-0.39, 0.29) is 0 Å². The third-order valence-corrected chi connectivity index (χ3v) is 3.84. The van der Waals surface area contributed by atoms with E-state index >= 15 is 0 Å². The second-order valence-corrected chi connectivity index (χ2v) is 5.34. The van der Waals surface area contributed by atoms with Gasteiger partial charge in [0.25, 0.3) is 0 Å². The molecule has 0 unspecified atom stereocenters. The van der Waals surface area contributed by atoms with Gasteiger partial charge in [0.2, 0.25) is 0 Å². The van der Waals surface area contributed by atoms with Gasteiger partial charge in [-0.05, 0) is 43.0 Å². The number of nitrogen functional groups attached to an aromatic ring is 1. The highest BCUT2D eigenvalue weighted by Crippen LogP contribution is 2.36. The highest BCUT2D eigenvalue weighted by Gasteiger charge is 2.30. The smallest absolute Gasteiger partial charge is 0.0432 e. The Morgan fingerprint density at radius 2 is 1.79 bits per heavy atom. The van der Waals surface area contributed by atoms with Crippen molar-refractivity contribution in [1.29, 1.82) is 0 Å². The first-order valence-electron chi connectivity index (χ1n) is 6.91. The lowest BCUT2D eigenvalue weighted by Gasteiger charge is -2.27. The van der Waals surface area contributed by atoms with Crippen LogP contribution in [0.1, 0.15) is 24.0 Å². The summed E-state index contributed by atoms with van der Waals surface area (Å²) in [5, 5.41) is 0. The Hall–Kier alpha value is -1.96. The minimum absolute atomic E-state index is 0.681. The minimum atomic E-state index is 0.681. The van der Waals surface area contributed by atoms with Crippen molar-refractivity contribution in [2.45, 2.75) is 32.4 Å². The SMILES string of the molecule is Cc1c(N)cccc1N(Cc1ccccc1)C1CC1. The highest BCUT2D eigenvalue weighted by molar-refractivity contribution is 5.65. The van der Waals surface area contributed by atoms with Crippen molar-refractivity contribution in [3.63, 3.8) is 0 Å². The molecule has 0 spiro atoms. The summed E-state index contributed by atoms with van der Waals surface area (Å²) in [7, 11) is 0. The zero-order valence-corrected chi connectivity index (χ0v) is 11.3. The highest BCUT2D eigenvalue weighted by atomic mass is 15.2. The molecule has 1 aliphatic rings. The molecular formula is C17H20N2. The number of hydrogen-bond donors (Lipinski definition) is 1. The third kappa shape index (κ3) is 2.58. The van der Waals surface area contributed by atoms with E-state index in [0.717, 1.165) is 12.2 Å². The van der Waals surface area contributed by atoms with Gasteiger partial charge in [0, 0.05) is 24.0 Å². The number of benzene rings is 2. The molecule has 0 saturated heterocycles. The molecule has 0 bridgehead atoms. The topological polar surface area (TPSA) is 29.3 Å². The second kappa shape index (κ2) is 4.96. The summed E-state index contributed by atoms with van der Waals surface area (Å²) in [4.78, 5) is 2.50. The monoisotopic (exact) mass is 252 g/mol. The van der Waals surface area contributed by atoms with Crippen LogP contribution >= 0.6 is 0 Å². The molecule has 1 fully saturated rings. The van der Waals surface area contributed by atoms with Gasteiger partial charge in [0.05, 0.1) is 0 Å². The van der Waals surface area contributed by atoms with E-state index < -0.39 is 0 Å². The standard InChI is InChI=1S/C17H20N2/c1-13-16(18)8-5-9-17(13)19(15-10-11-15)12-14-6-3-2-4-7-14/h2-9,15H,10-12,18H2,1H3. The van der Waals surface area contributed by atoms with Crippen LogP contribution in [0.15, 0.2) is 48.5 Å². The molecule has 0 heterocycles. The number of rotatable bonds is 4. The molecule has 0 aliphatic heterocycles. The molecule has 98 valence electrons. The molecule has 2 N–H and O–H groups in total. The van der Waals surface area contributed by atoms with Crippen molar-refractivity contribution >= 4 is 11.4 Å². The summed E-state index contributed by atoms with van der Waals surface area (Å²) in [5.74, 6) is 0. The van der Waals surface area contributed by atoms with Gasteiger partial charge in [0.1, 0.15) is 0 Å². The molecule has 0 radical (unpaired) electrons. The van der Waals surface area contributed by atoms with Crippen LogP contribution in [0.4, 0.5) is 11.4 Å². The molecule has 0 atom stereocenters. The normalized spacial score (nSPS) is 14.4. The number of hydrogen-bond acceptors (Lipinski definition) is 2. The quantitative estimate of drug-likeness (QED) is 0.840. The Bertz CT molecular complexity index is 559. The fraction of sp³-hybridized carbons (Fsp3) is 0.294. The van der Waals surface area contributed by atoms with Gasteiger partial charge in [-0.25, -0.2) is 0 Å². The van der Waals surface area contributed by atoms with Gasteiger partial charge in [-0.1, -0.05) is 36.4 Å². The molecule has 0 amide bonds. The molecular weight excluding hydrogens is 232 g/mol. The lowest BCUT2D eigenvalue weighted by atomic mass is 10.1. The molecule has 1 saturated carbocycles. The maximum Gasteiger partial charge on any atom is 0.0432 e. The van der Waals surface area contributed by atoms with Crippen LogP contribution in [-0.2, 0) is 6.54 Å². The van der Waals surface area contributed by atoms with Gasteiger partial charge >= 0.3 is 0 Å². The summed E-state index contributed by atoms with van der Waals surface area (Å²) in [5.41, 5.74) is 10.8. The first-order valence-corrected chi connectivity index (χ1v) is 6.91. The lowest BCUT2D eigenvalue weighted by molar-refractivity contribution is 0.791. The predicted molar refractivity (Wildman–Crippen MR) is 81.2 cm³/mol. The van der Waals surface area contributed by atoms with Gasteiger partial charge in [-0.15, -0.1) is 0 Å². The van der Waals surface area contributed by atoms with Crippen molar-refractivity contribution in [1.82, 2.24) is 0 Å². The first-order chi connectivity index (χ1) is 9.25. The zero-order chi connectivity index (χ0) is 13.2. The molecule has 0 aromatic heterocycles. The van der Waals surface area contributed by atoms with E-state index in [0.29, 0.717) is 6.04 Å². The Labute approximate surface area is 114 Å². The fourth-order valence-electron chi connectivity index (χ4n) is 2.53. The van der Waals surface area contributed by atoms with Crippen molar-refractivity contribution < 1.29 is 0 Å². The first kappa shape index (κ1) is 12.1. The van der Waals surface area contributed by atoms with Crippen LogP contribution in [0.2, 0.25) is 0 Å². The van der Waals surface area contributed by atoms with E-state index in [2.05, 4.69) is 54.3 Å². The Kier molecular flexibility index (Phi) is 3.16. The van der Waals surface area contributed by atoms with Crippen LogP contribution in [0.5, 0.6) is 0 Å². The molecule has 1 aliphatic carbocycles. The Morgan fingerprint density at radius 1 is 1.05 bits per heavy atom. The second-order valence-electron chi connectivity index (χ2n) is 5.34. The number of nitrogens with two attached hydrogens (primary N) is 1. The average molecular weight is 252 g/mol. The molecule has 19 heavy (non-hydrogen) atoms. The van der Waals surface area contributed by atoms with Gasteiger partial charge in [-0.2, -0.15) is 0 Å². The van der Waals surface area contributed by atoms with Crippen LogP contribution in [-0.4, -0.2) is 6.04 Å². The van der Waals surface area contributed by atoms with Crippen LogP contribution < -0.4 is 10.6 Å². The summed E-state index contributed by atoms with van der Waals surface area (Å²) < 4.78 is 0. The third-order valence-electron chi connectivity index (χ3n) is 3.84. The van der Waals surface area contributed by atoms with Crippen molar-refractivity contribution in [3.8, 4) is 0 Å². The van der Waals surface area contributed by atoms with E-state index in [4.69, 9.17) is 5.73 Å². The molecule has 3 rings (SSSR count). The van der Waals surface area contributed by atoms with E-state index in [1.807, 2.05) is 6.07 Å². The van der Waals surface area contributed by atoms with Crippen LogP contribution in [0, 0.1) is 6.92 Å². The molecule has 2 heteroatoms. The van der Waals surface area contributed by atoms with Crippen molar-refractivity contribution in [2.75, 3.05) is 10.6 Å². The minimum Gasteiger partial charge on any atom is -0.398 e. The Morgan fingerprint density at radius 3 is 2.47 bits per heavy atom. The molecule has 2 nitrogen and oxygen atoms in total.